The molecule has 2 unspecified atom stereocenters. The quantitative estimate of drug-likeness (QED) is 0.801. The zero-order valence-electron chi connectivity index (χ0n) is 14.7. The molecule has 2 aliphatic heterocycles. The van der Waals surface area contributed by atoms with Crippen molar-refractivity contribution in [2.24, 2.45) is 11.3 Å². The van der Waals surface area contributed by atoms with Crippen LogP contribution in [0.1, 0.15) is 40.0 Å². The predicted octanol–water partition coefficient (Wildman–Crippen LogP) is 0.766. The van der Waals surface area contributed by atoms with Gasteiger partial charge < -0.3 is 20.3 Å². The van der Waals surface area contributed by atoms with E-state index in [0.717, 1.165) is 39.1 Å². The first-order valence-corrected chi connectivity index (χ1v) is 8.73. The molecule has 2 atom stereocenters. The first-order chi connectivity index (χ1) is 10.9. The van der Waals surface area contributed by atoms with Gasteiger partial charge in [-0.05, 0) is 18.8 Å². The number of carbonyl (C=O) groups is 2. The number of ether oxygens (including phenoxy) is 1. The first-order valence-electron chi connectivity index (χ1n) is 8.73. The number of hydrogen-bond acceptors (Lipinski definition) is 4. The molecular formula is C17H31N3O3. The number of carbonyl (C=O) groups excluding carboxylic acids is 2. The van der Waals surface area contributed by atoms with Gasteiger partial charge in [0.05, 0.1) is 13.2 Å². The van der Waals surface area contributed by atoms with E-state index in [1.807, 2.05) is 25.7 Å². The van der Waals surface area contributed by atoms with Crippen LogP contribution < -0.4 is 10.6 Å². The average molecular weight is 325 g/mol. The van der Waals surface area contributed by atoms with E-state index in [1.165, 1.54) is 0 Å². The van der Waals surface area contributed by atoms with Gasteiger partial charge in [0.2, 0.25) is 11.8 Å². The minimum atomic E-state index is -0.364. The van der Waals surface area contributed by atoms with E-state index >= 15 is 0 Å². The minimum Gasteiger partial charge on any atom is -0.378 e. The summed E-state index contributed by atoms with van der Waals surface area (Å²) in [5, 5.41) is 6.35. The summed E-state index contributed by atoms with van der Waals surface area (Å²) in [4.78, 5) is 26.4. The average Bonchev–Trinajstić information content (AvgIpc) is 2.53. The summed E-state index contributed by atoms with van der Waals surface area (Å²) in [6, 6.07) is 0.136. The highest BCUT2D eigenvalue weighted by Crippen LogP contribution is 2.18. The van der Waals surface area contributed by atoms with Crippen molar-refractivity contribution in [2.75, 3.05) is 39.4 Å². The van der Waals surface area contributed by atoms with Crippen molar-refractivity contribution < 1.29 is 14.3 Å². The number of hydrogen-bond donors (Lipinski definition) is 2. The molecule has 2 saturated heterocycles. The topological polar surface area (TPSA) is 70.7 Å². The maximum absolute atomic E-state index is 12.5. The van der Waals surface area contributed by atoms with Gasteiger partial charge in [0, 0.05) is 44.1 Å². The van der Waals surface area contributed by atoms with Crippen molar-refractivity contribution in [3.63, 3.8) is 0 Å². The van der Waals surface area contributed by atoms with Gasteiger partial charge in [-0.1, -0.05) is 20.8 Å². The van der Waals surface area contributed by atoms with Gasteiger partial charge in [-0.3, -0.25) is 9.59 Å². The second-order valence-corrected chi connectivity index (χ2v) is 7.74. The van der Waals surface area contributed by atoms with Crippen LogP contribution in [0.2, 0.25) is 0 Å². The number of nitrogens with zero attached hydrogens (tertiary/aromatic N) is 1. The van der Waals surface area contributed by atoms with Crippen LogP contribution in [0.15, 0.2) is 0 Å². The Balaban J connectivity index is 1.76. The van der Waals surface area contributed by atoms with Crippen molar-refractivity contribution in [1.82, 2.24) is 15.5 Å². The Morgan fingerprint density at radius 2 is 2.13 bits per heavy atom. The zero-order chi connectivity index (χ0) is 16.9. The molecule has 2 aliphatic rings. The normalized spacial score (nSPS) is 26.0. The Morgan fingerprint density at radius 3 is 2.78 bits per heavy atom. The third-order valence-corrected chi connectivity index (χ3v) is 4.52. The molecule has 0 spiro atoms. The second-order valence-electron chi connectivity index (χ2n) is 7.74. The number of amides is 2. The van der Waals surface area contributed by atoms with Crippen LogP contribution in [0.25, 0.3) is 0 Å². The van der Waals surface area contributed by atoms with Crippen LogP contribution in [0.5, 0.6) is 0 Å². The van der Waals surface area contributed by atoms with Gasteiger partial charge in [-0.2, -0.15) is 0 Å². The van der Waals surface area contributed by atoms with Crippen molar-refractivity contribution in [3.05, 3.63) is 0 Å². The molecule has 0 radical (unpaired) electrons. The second kappa shape index (κ2) is 8.11. The first kappa shape index (κ1) is 18.2. The Kier molecular flexibility index (Phi) is 6.41. The Labute approximate surface area is 139 Å². The summed E-state index contributed by atoms with van der Waals surface area (Å²) in [5.74, 6) is 0.624. The molecule has 0 saturated carbocycles. The molecule has 6 heteroatoms. The molecule has 2 heterocycles. The smallest absolute Gasteiger partial charge is 0.225 e. The third-order valence-electron chi connectivity index (χ3n) is 4.52. The van der Waals surface area contributed by atoms with Crippen LogP contribution >= 0.6 is 0 Å². The van der Waals surface area contributed by atoms with Crippen LogP contribution in [-0.4, -0.2) is 62.1 Å². The standard InChI is InChI=1S/C17H31N3O3/c1-17(2,3)16(22)19-10-13-5-4-7-20(11-13)15(21)9-14-12-23-8-6-18-14/h13-14,18H,4-12H2,1-3H3,(H,19,22). The van der Waals surface area contributed by atoms with E-state index in [9.17, 15) is 9.59 Å². The monoisotopic (exact) mass is 325 g/mol. The number of rotatable bonds is 4. The van der Waals surface area contributed by atoms with Crippen LogP contribution in [0.3, 0.4) is 0 Å². The van der Waals surface area contributed by atoms with Crippen LogP contribution in [0.4, 0.5) is 0 Å². The molecule has 2 rings (SSSR count). The van der Waals surface area contributed by atoms with Gasteiger partial charge in [0.15, 0.2) is 0 Å². The number of piperidine rings is 1. The number of morpholine rings is 1. The molecular weight excluding hydrogens is 294 g/mol. The molecule has 0 bridgehead atoms. The summed E-state index contributed by atoms with van der Waals surface area (Å²) in [7, 11) is 0. The third kappa shape index (κ3) is 5.77. The summed E-state index contributed by atoms with van der Waals surface area (Å²) < 4.78 is 5.41. The van der Waals surface area contributed by atoms with Crippen molar-refractivity contribution in [2.45, 2.75) is 46.1 Å². The van der Waals surface area contributed by atoms with Gasteiger partial charge >= 0.3 is 0 Å². The van der Waals surface area contributed by atoms with Gasteiger partial charge in [-0.25, -0.2) is 0 Å². The van der Waals surface area contributed by atoms with E-state index in [1.54, 1.807) is 0 Å². The molecule has 0 aromatic rings. The Morgan fingerprint density at radius 1 is 1.35 bits per heavy atom. The fourth-order valence-corrected chi connectivity index (χ4v) is 3.05. The molecule has 23 heavy (non-hydrogen) atoms. The summed E-state index contributed by atoms with van der Waals surface area (Å²) >= 11 is 0. The van der Waals surface area contributed by atoms with Crippen molar-refractivity contribution >= 4 is 11.8 Å². The van der Waals surface area contributed by atoms with E-state index in [-0.39, 0.29) is 23.3 Å². The molecule has 0 aliphatic carbocycles. The molecule has 0 aromatic heterocycles. The fourth-order valence-electron chi connectivity index (χ4n) is 3.05. The lowest BCUT2D eigenvalue weighted by Crippen LogP contribution is -2.48. The lowest BCUT2D eigenvalue weighted by atomic mass is 9.94. The summed E-state index contributed by atoms with van der Waals surface area (Å²) in [5.41, 5.74) is -0.364. The van der Waals surface area contributed by atoms with Crippen molar-refractivity contribution in [1.29, 1.82) is 0 Å². The Bertz CT molecular complexity index is 414. The minimum absolute atomic E-state index is 0.0736. The molecule has 6 nitrogen and oxygen atoms in total. The van der Waals surface area contributed by atoms with Crippen molar-refractivity contribution in [3.8, 4) is 0 Å². The predicted molar refractivity (Wildman–Crippen MR) is 89.0 cm³/mol. The summed E-state index contributed by atoms with van der Waals surface area (Å²) in [6.45, 7) is 10.1. The van der Waals surface area contributed by atoms with Gasteiger partial charge in [0.25, 0.3) is 0 Å². The maximum Gasteiger partial charge on any atom is 0.225 e. The van der Waals surface area contributed by atoms with E-state index in [4.69, 9.17) is 4.74 Å². The van der Waals surface area contributed by atoms with Crippen LogP contribution in [-0.2, 0) is 14.3 Å². The zero-order valence-corrected chi connectivity index (χ0v) is 14.7. The highest BCUT2D eigenvalue weighted by molar-refractivity contribution is 5.81. The SMILES string of the molecule is CC(C)(C)C(=O)NCC1CCCN(C(=O)CC2COCCN2)C1. The highest BCUT2D eigenvalue weighted by Gasteiger charge is 2.27. The molecule has 132 valence electrons. The van der Waals surface area contributed by atoms with Gasteiger partial charge in [0.1, 0.15) is 0 Å². The van der Waals surface area contributed by atoms with E-state index < -0.39 is 0 Å². The largest absolute Gasteiger partial charge is 0.378 e. The maximum atomic E-state index is 12.5. The van der Waals surface area contributed by atoms with Crippen LogP contribution in [0, 0.1) is 11.3 Å². The lowest BCUT2D eigenvalue weighted by molar-refractivity contribution is -0.134. The van der Waals surface area contributed by atoms with E-state index in [2.05, 4.69) is 10.6 Å². The molecule has 2 amide bonds. The fraction of sp³-hybridized carbons (Fsp3) is 0.882. The van der Waals surface area contributed by atoms with Gasteiger partial charge in [-0.15, -0.1) is 0 Å². The number of likely N-dealkylation sites (tertiary alicyclic amines) is 1. The molecule has 2 fully saturated rings. The lowest BCUT2D eigenvalue weighted by Gasteiger charge is -2.34. The van der Waals surface area contributed by atoms with E-state index in [0.29, 0.717) is 25.5 Å². The highest BCUT2D eigenvalue weighted by atomic mass is 16.5. The Hall–Kier alpha value is -1.14. The molecule has 0 aromatic carbocycles. The summed E-state index contributed by atoms with van der Waals surface area (Å²) in [6.07, 6.45) is 2.58. The molecule has 2 N–H and O–H groups in total. The number of nitrogens with one attached hydrogen (secondary N) is 2.